The van der Waals surface area contributed by atoms with E-state index in [0.717, 1.165) is 16.5 Å². The molecule has 0 spiro atoms. The van der Waals surface area contributed by atoms with E-state index in [9.17, 15) is 4.79 Å². The maximum Gasteiger partial charge on any atom is 0.255 e. The highest BCUT2D eigenvalue weighted by molar-refractivity contribution is 6.32. The molecule has 0 bridgehead atoms. The second-order valence-corrected chi connectivity index (χ2v) is 5.07. The van der Waals surface area contributed by atoms with Gasteiger partial charge in [0.25, 0.3) is 5.91 Å². The van der Waals surface area contributed by atoms with Crippen molar-refractivity contribution < 1.29 is 4.79 Å². The standard InChI is InChI=1S/C16H12ClN3O/c1-10-7-14(15(17)19-9-10)20-16(21)12-4-5-13-11(8-12)3-2-6-18-13/h2-9H,1H3,(H,20,21). The summed E-state index contributed by atoms with van der Waals surface area (Å²) in [6.07, 6.45) is 3.37. The summed E-state index contributed by atoms with van der Waals surface area (Å²) in [5.74, 6) is -0.227. The van der Waals surface area contributed by atoms with E-state index in [0.29, 0.717) is 11.3 Å². The van der Waals surface area contributed by atoms with Gasteiger partial charge in [-0.25, -0.2) is 4.98 Å². The van der Waals surface area contributed by atoms with Gasteiger partial charge in [-0.1, -0.05) is 17.7 Å². The Hall–Kier alpha value is -2.46. The number of anilines is 1. The van der Waals surface area contributed by atoms with E-state index in [4.69, 9.17) is 11.6 Å². The fourth-order valence-electron chi connectivity index (χ4n) is 2.05. The number of hydrogen-bond donors (Lipinski definition) is 1. The molecule has 0 atom stereocenters. The Bertz CT molecular complexity index is 833. The maximum atomic E-state index is 12.3. The second kappa shape index (κ2) is 5.50. The van der Waals surface area contributed by atoms with Crippen LogP contribution in [0.4, 0.5) is 5.69 Å². The molecule has 1 amide bonds. The first kappa shape index (κ1) is 13.5. The molecule has 1 aromatic carbocycles. The molecule has 3 aromatic rings. The van der Waals surface area contributed by atoms with Crippen LogP contribution in [0, 0.1) is 6.92 Å². The molecule has 104 valence electrons. The van der Waals surface area contributed by atoms with Crippen LogP contribution < -0.4 is 5.32 Å². The van der Waals surface area contributed by atoms with Crippen LogP contribution in [0.25, 0.3) is 10.9 Å². The molecule has 0 aliphatic heterocycles. The molecular formula is C16H12ClN3O. The Balaban J connectivity index is 1.91. The van der Waals surface area contributed by atoms with Crippen molar-refractivity contribution in [1.82, 2.24) is 9.97 Å². The van der Waals surface area contributed by atoms with Crippen molar-refractivity contribution in [1.29, 1.82) is 0 Å². The van der Waals surface area contributed by atoms with Crippen LogP contribution in [0.15, 0.2) is 48.8 Å². The van der Waals surface area contributed by atoms with E-state index in [1.165, 1.54) is 0 Å². The molecule has 21 heavy (non-hydrogen) atoms. The first-order valence-corrected chi connectivity index (χ1v) is 6.79. The van der Waals surface area contributed by atoms with E-state index in [1.807, 2.05) is 25.1 Å². The largest absolute Gasteiger partial charge is 0.319 e. The van der Waals surface area contributed by atoms with Crippen LogP contribution in [0.2, 0.25) is 5.15 Å². The zero-order chi connectivity index (χ0) is 14.8. The van der Waals surface area contributed by atoms with Gasteiger partial charge in [-0.3, -0.25) is 9.78 Å². The summed E-state index contributed by atoms with van der Waals surface area (Å²) in [5, 5.41) is 3.97. The van der Waals surface area contributed by atoms with Gasteiger partial charge in [0.2, 0.25) is 0 Å². The molecule has 0 fully saturated rings. The third-order valence-corrected chi connectivity index (χ3v) is 3.39. The van der Waals surface area contributed by atoms with Gasteiger partial charge >= 0.3 is 0 Å². The van der Waals surface area contributed by atoms with Crippen molar-refractivity contribution in [2.24, 2.45) is 0 Å². The van der Waals surface area contributed by atoms with Gasteiger partial charge in [-0.05, 0) is 42.8 Å². The fourth-order valence-corrected chi connectivity index (χ4v) is 2.20. The molecule has 0 aliphatic rings. The average molecular weight is 298 g/mol. The summed E-state index contributed by atoms with van der Waals surface area (Å²) >= 11 is 5.99. The highest BCUT2D eigenvalue weighted by atomic mass is 35.5. The first-order valence-electron chi connectivity index (χ1n) is 6.42. The number of aromatic nitrogens is 2. The number of carbonyl (C=O) groups excluding carboxylic acids is 1. The zero-order valence-electron chi connectivity index (χ0n) is 11.3. The van der Waals surface area contributed by atoms with Crippen molar-refractivity contribution >= 4 is 34.1 Å². The molecule has 0 unspecified atom stereocenters. The number of hydrogen-bond acceptors (Lipinski definition) is 3. The van der Waals surface area contributed by atoms with E-state index >= 15 is 0 Å². The number of nitrogens with zero attached hydrogens (tertiary/aromatic N) is 2. The van der Waals surface area contributed by atoms with Gasteiger partial charge < -0.3 is 5.32 Å². The molecule has 4 nitrogen and oxygen atoms in total. The lowest BCUT2D eigenvalue weighted by Gasteiger charge is -2.08. The van der Waals surface area contributed by atoms with Crippen LogP contribution in [-0.2, 0) is 0 Å². The number of fused-ring (bicyclic) bond motifs is 1. The van der Waals surface area contributed by atoms with Crippen LogP contribution in [0.1, 0.15) is 15.9 Å². The van der Waals surface area contributed by atoms with Gasteiger partial charge in [0.1, 0.15) is 0 Å². The zero-order valence-corrected chi connectivity index (χ0v) is 12.1. The number of aryl methyl sites for hydroxylation is 1. The second-order valence-electron chi connectivity index (χ2n) is 4.72. The van der Waals surface area contributed by atoms with E-state index in [2.05, 4.69) is 15.3 Å². The maximum absolute atomic E-state index is 12.3. The number of amides is 1. The SMILES string of the molecule is Cc1cnc(Cl)c(NC(=O)c2ccc3ncccc3c2)c1. The molecule has 2 heterocycles. The summed E-state index contributed by atoms with van der Waals surface area (Å²) < 4.78 is 0. The number of halogens is 1. The number of nitrogens with one attached hydrogen (secondary N) is 1. The fraction of sp³-hybridized carbons (Fsp3) is 0.0625. The van der Waals surface area contributed by atoms with Gasteiger partial charge in [0.05, 0.1) is 11.2 Å². The van der Waals surface area contributed by atoms with Crippen LogP contribution in [0.5, 0.6) is 0 Å². The normalized spacial score (nSPS) is 10.6. The quantitative estimate of drug-likeness (QED) is 0.731. The number of benzene rings is 1. The van der Waals surface area contributed by atoms with Crippen LogP contribution in [-0.4, -0.2) is 15.9 Å². The molecule has 1 N–H and O–H groups in total. The van der Waals surface area contributed by atoms with Crippen molar-refractivity contribution in [3.05, 3.63) is 65.1 Å². The van der Waals surface area contributed by atoms with Crippen molar-refractivity contribution in [2.75, 3.05) is 5.32 Å². The number of pyridine rings is 2. The number of rotatable bonds is 2. The lowest BCUT2D eigenvalue weighted by Crippen LogP contribution is -2.12. The summed E-state index contributed by atoms with van der Waals surface area (Å²) in [7, 11) is 0. The van der Waals surface area contributed by atoms with Crippen molar-refractivity contribution in [2.45, 2.75) is 6.92 Å². The van der Waals surface area contributed by atoms with Crippen molar-refractivity contribution in [3.8, 4) is 0 Å². The monoisotopic (exact) mass is 297 g/mol. The minimum absolute atomic E-state index is 0.227. The van der Waals surface area contributed by atoms with Gasteiger partial charge in [-0.15, -0.1) is 0 Å². The lowest BCUT2D eigenvalue weighted by atomic mass is 10.1. The topological polar surface area (TPSA) is 54.9 Å². The summed E-state index contributed by atoms with van der Waals surface area (Å²) in [5.41, 5.74) is 2.84. The Morgan fingerprint density at radius 3 is 2.90 bits per heavy atom. The van der Waals surface area contributed by atoms with Crippen LogP contribution in [0.3, 0.4) is 0 Å². The third-order valence-electron chi connectivity index (χ3n) is 3.09. The highest BCUT2D eigenvalue weighted by Crippen LogP contribution is 2.21. The smallest absolute Gasteiger partial charge is 0.255 e. The number of carbonyl (C=O) groups is 1. The lowest BCUT2D eigenvalue weighted by molar-refractivity contribution is 0.102. The van der Waals surface area contributed by atoms with Gasteiger partial charge in [-0.2, -0.15) is 0 Å². The Kier molecular flexibility index (Phi) is 3.54. The summed E-state index contributed by atoms with van der Waals surface area (Å²) in [6.45, 7) is 1.89. The molecule has 0 saturated carbocycles. The first-order chi connectivity index (χ1) is 10.1. The summed E-state index contributed by atoms with van der Waals surface area (Å²) in [4.78, 5) is 20.5. The average Bonchev–Trinajstić information content (AvgIpc) is 2.50. The predicted molar refractivity (Wildman–Crippen MR) is 83.7 cm³/mol. The molecule has 0 aliphatic carbocycles. The minimum Gasteiger partial charge on any atom is -0.319 e. The van der Waals surface area contributed by atoms with Crippen LogP contribution >= 0.6 is 11.6 Å². The highest BCUT2D eigenvalue weighted by Gasteiger charge is 2.10. The predicted octanol–water partition coefficient (Wildman–Crippen LogP) is 3.84. The Morgan fingerprint density at radius 1 is 1.19 bits per heavy atom. The van der Waals surface area contributed by atoms with Gasteiger partial charge in [0, 0.05) is 23.3 Å². The molecule has 0 radical (unpaired) electrons. The molecular weight excluding hydrogens is 286 g/mol. The molecule has 2 aromatic heterocycles. The molecule has 3 rings (SSSR count). The Labute approximate surface area is 126 Å². The molecule has 5 heteroatoms. The van der Waals surface area contributed by atoms with E-state index in [-0.39, 0.29) is 11.1 Å². The molecule has 0 saturated heterocycles. The van der Waals surface area contributed by atoms with Crippen molar-refractivity contribution in [3.63, 3.8) is 0 Å². The van der Waals surface area contributed by atoms with E-state index in [1.54, 1.807) is 30.6 Å². The minimum atomic E-state index is -0.227. The third kappa shape index (κ3) is 2.85. The van der Waals surface area contributed by atoms with E-state index < -0.39 is 0 Å². The summed E-state index contributed by atoms with van der Waals surface area (Å²) in [6, 6.07) is 10.9. The van der Waals surface area contributed by atoms with Gasteiger partial charge in [0.15, 0.2) is 5.15 Å². The Morgan fingerprint density at radius 2 is 2.05 bits per heavy atom.